The number of ether oxygens (including phenoxy) is 1. The Bertz CT molecular complexity index is 1020. The topological polar surface area (TPSA) is 86.1 Å². The number of fused-ring (bicyclic) bond motifs is 1. The Morgan fingerprint density at radius 3 is 2.71 bits per heavy atom. The molecule has 0 atom stereocenters. The van der Waals surface area contributed by atoms with Gasteiger partial charge in [-0.15, -0.1) is 5.10 Å². The van der Waals surface area contributed by atoms with Gasteiger partial charge in [0.15, 0.2) is 6.61 Å². The molecule has 7 nitrogen and oxygen atoms in total. The molecule has 2 aromatic carbocycles. The number of hydrogen-bond donors (Lipinski definition) is 1. The minimum atomic E-state index is -0.572. The molecule has 1 N–H and O–H groups in total. The van der Waals surface area contributed by atoms with E-state index in [0.717, 1.165) is 22.3 Å². The highest BCUT2D eigenvalue weighted by molar-refractivity contribution is 5.97. The fourth-order valence-electron chi connectivity index (χ4n) is 3.06. The minimum absolute atomic E-state index is 0.265. The van der Waals surface area contributed by atoms with Crippen molar-refractivity contribution in [1.29, 1.82) is 0 Å². The number of hydrogen-bond acceptors (Lipinski definition) is 5. The van der Waals surface area contributed by atoms with Crippen molar-refractivity contribution in [2.24, 2.45) is 0 Å². The van der Waals surface area contributed by atoms with Gasteiger partial charge in [0.05, 0.1) is 11.1 Å². The summed E-state index contributed by atoms with van der Waals surface area (Å²) in [6.45, 7) is 8.37. The molecule has 0 aliphatic carbocycles. The molecule has 0 fully saturated rings. The molecule has 146 valence electrons. The fraction of sp³-hybridized carbons (Fsp3) is 0.333. The van der Waals surface area contributed by atoms with Crippen LogP contribution in [0.5, 0.6) is 0 Å². The van der Waals surface area contributed by atoms with E-state index < -0.39 is 5.97 Å². The number of nitrogens with one attached hydrogen (secondary N) is 1. The molecule has 1 aromatic heterocycles. The quantitative estimate of drug-likeness (QED) is 0.659. The second-order valence-electron chi connectivity index (χ2n) is 6.93. The third-order valence-corrected chi connectivity index (χ3v) is 4.57. The molecule has 0 radical (unpaired) electrons. The summed E-state index contributed by atoms with van der Waals surface area (Å²) in [7, 11) is 0. The average molecular weight is 380 g/mol. The van der Waals surface area contributed by atoms with E-state index in [1.54, 1.807) is 22.9 Å². The number of para-hydroxylation sites is 1. The van der Waals surface area contributed by atoms with Crippen LogP contribution in [0.2, 0.25) is 0 Å². The van der Waals surface area contributed by atoms with E-state index in [-0.39, 0.29) is 18.4 Å². The van der Waals surface area contributed by atoms with Crippen LogP contribution in [0.3, 0.4) is 0 Å². The molecule has 28 heavy (non-hydrogen) atoms. The first-order valence-electron chi connectivity index (χ1n) is 9.30. The number of carbonyl (C=O) groups excluding carboxylic acids is 2. The largest absolute Gasteiger partial charge is 0.452 e. The lowest BCUT2D eigenvalue weighted by Gasteiger charge is -2.16. The summed E-state index contributed by atoms with van der Waals surface area (Å²) >= 11 is 0. The monoisotopic (exact) mass is 380 g/mol. The molecule has 0 aliphatic rings. The fourth-order valence-corrected chi connectivity index (χ4v) is 3.06. The number of aromatic nitrogens is 3. The van der Waals surface area contributed by atoms with Gasteiger partial charge in [-0.05, 0) is 49.1 Å². The van der Waals surface area contributed by atoms with Gasteiger partial charge in [0, 0.05) is 12.2 Å². The Morgan fingerprint density at radius 2 is 2.00 bits per heavy atom. The number of anilines is 1. The van der Waals surface area contributed by atoms with E-state index >= 15 is 0 Å². The van der Waals surface area contributed by atoms with Gasteiger partial charge in [-0.3, -0.25) is 4.79 Å². The predicted octanol–water partition coefficient (Wildman–Crippen LogP) is 3.68. The molecule has 3 aromatic rings. The van der Waals surface area contributed by atoms with Gasteiger partial charge in [-0.25, -0.2) is 9.48 Å². The highest BCUT2D eigenvalue weighted by Gasteiger charge is 2.15. The predicted molar refractivity (Wildman–Crippen MR) is 107 cm³/mol. The Balaban J connectivity index is 1.66. The Labute approximate surface area is 163 Å². The molecule has 1 amide bonds. The van der Waals surface area contributed by atoms with Crippen molar-refractivity contribution in [3.05, 3.63) is 53.1 Å². The number of aryl methyl sites for hydroxylation is 2. The number of rotatable bonds is 6. The van der Waals surface area contributed by atoms with Crippen LogP contribution in [0.4, 0.5) is 5.69 Å². The van der Waals surface area contributed by atoms with Crippen LogP contribution >= 0.6 is 0 Å². The lowest BCUT2D eigenvalue weighted by atomic mass is 9.98. The molecule has 0 aliphatic heterocycles. The highest BCUT2D eigenvalue weighted by atomic mass is 16.5. The average Bonchev–Trinajstić information content (AvgIpc) is 3.09. The number of amides is 1. The van der Waals surface area contributed by atoms with E-state index in [1.165, 1.54) is 0 Å². The summed E-state index contributed by atoms with van der Waals surface area (Å²) in [5.74, 6) is -0.680. The first-order chi connectivity index (χ1) is 13.4. The van der Waals surface area contributed by atoms with E-state index in [4.69, 9.17) is 4.74 Å². The Kier molecular flexibility index (Phi) is 5.73. The third kappa shape index (κ3) is 4.03. The van der Waals surface area contributed by atoms with Crippen LogP contribution in [0, 0.1) is 6.92 Å². The van der Waals surface area contributed by atoms with Crippen molar-refractivity contribution >= 4 is 28.6 Å². The van der Waals surface area contributed by atoms with Crippen LogP contribution in [0.15, 0.2) is 36.4 Å². The summed E-state index contributed by atoms with van der Waals surface area (Å²) in [5.41, 5.74) is 4.58. The van der Waals surface area contributed by atoms with Gasteiger partial charge < -0.3 is 10.1 Å². The van der Waals surface area contributed by atoms with Crippen molar-refractivity contribution in [1.82, 2.24) is 15.0 Å². The molecule has 0 bridgehead atoms. The molecular weight excluding hydrogens is 356 g/mol. The summed E-state index contributed by atoms with van der Waals surface area (Å²) in [6, 6.07) is 10.9. The van der Waals surface area contributed by atoms with E-state index in [0.29, 0.717) is 17.6 Å². The Morgan fingerprint density at radius 1 is 1.21 bits per heavy atom. The van der Waals surface area contributed by atoms with Crippen LogP contribution < -0.4 is 5.32 Å². The summed E-state index contributed by atoms with van der Waals surface area (Å²) in [4.78, 5) is 24.6. The number of nitrogens with zero attached hydrogens (tertiary/aromatic N) is 3. The van der Waals surface area contributed by atoms with E-state index in [9.17, 15) is 9.59 Å². The molecular formula is C21H24N4O3. The van der Waals surface area contributed by atoms with E-state index in [1.807, 2.05) is 32.0 Å². The van der Waals surface area contributed by atoms with Crippen molar-refractivity contribution in [2.45, 2.75) is 40.2 Å². The smallest absolute Gasteiger partial charge is 0.338 e. The molecule has 3 rings (SSSR count). The number of benzene rings is 2. The summed E-state index contributed by atoms with van der Waals surface area (Å²) < 4.78 is 6.92. The zero-order valence-electron chi connectivity index (χ0n) is 16.5. The molecule has 0 saturated heterocycles. The second-order valence-corrected chi connectivity index (χ2v) is 6.93. The number of esters is 1. The van der Waals surface area contributed by atoms with Crippen molar-refractivity contribution in [3.8, 4) is 0 Å². The van der Waals surface area contributed by atoms with Gasteiger partial charge >= 0.3 is 5.97 Å². The molecule has 0 unspecified atom stereocenters. The van der Waals surface area contributed by atoms with Crippen LogP contribution in [-0.2, 0) is 16.1 Å². The molecule has 0 saturated carbocycles. The normalized spacial score (nSPS) is 11.0. The summed E-state index contributed by atoms with van der Waals surface area (Å²) in [5, 5.41) is 10.9. The van der Waals surface area contributed by atoms with Gasteiger partial charge in [0.25, 0.3) is 5.91 Å². The molecule has 0 spiro atoms. The zero-order valence-corrected chi connectivity index (χ0v) is 16.5. The lowest BCUT2D eigenvalue weighted by molar-refractivity contribution is -0.119. The number of carbonyl (C=O) groups is 2. The zero-order chi connectivity index (χ0) is 20.3. The minimum Gasteiger partial charge on any atom is -0.452 e. The first-order valence-corrected chi connectivity index (χ1v) is 9.30. The maximum absolute atomic E-state index is 12.3. The Hall–Kier alpha value is -3.22. The van der Waals surface area contributed by atoms with E-state index in [2.05, 4.69) is 29.5 Å². The van der Waals surface area contributed by atoms with Gasteiger partial charge in [-0.2, -0.15) is 0 Å². The lowest BCUT2D eigenvalue weighted by Crippen LogP contribution is -2.22. The molecule has 1 heterocycles. The summed E-state index contributed by atoms with van der Waals surface area (Å²) in [6.07, 6.45) is 0. The van der Waals surface area contributed by atoms with Crippen molar-refractivity contribution in [3.63, 3.8) is 0 Å². The van der Waals surface area contributed by atoms with Gasteiger partial charge in [0.1, 0.15) is 5.52 Å². The second kappa shape index (κ2) is 8.21. The highest BCUT2D eigenvalue weighted by Crippen LogP contribution is 2.27. The van der Waals surface area contributed by atoms with Crippen LogP contribution in [0.25, 0.3) is 11.0 Å². The van der Waals surface area contributed by atoms with Gasteiger partial charge in [0.2, 0.25) is 0 Å². The molecule has 7 heteroatoms. The van der Waals surface area contributed by atoms with Crippen molar-refractivity contribution < 1.29 is 14.3 Å². The van der Waals surface area contributed by atoms with Crippen LogP contribution in [-0.4, -0.2) is 33.5 Å². The standard InChI is InChI=1S/C21H24N4O3/c1-5-25-18-10-9-15(11-17(18)23-24-25)21(27)28-12-19(26)22-20-14(4)7-6-8-16(20)13(2)3/h6-11,13H,5,12H2,1-4H3,(H,22,26). The maximum Gasteiger partial charge on any atom is 0.338 e. The first kappa shape index (κ1) is 19.5. The maximum atomic E-state index is 12.3. The third-order valence-electron chi connectivity index (χ3n) is 4.57. The van der Waals surface area contributed by atoms with Gasteiger partial charge in [-0.1, -0.05) is 37.3 Å². The van der Waals surface area contributed by atoms with Crippen LogP contribution in [0.1, 0.15) is 48.2 Å². The van der Waals surface area contributed by atoms with Crippen molar-refractivity contribution in [2.75, 3.05) is 11.9 Å². The SMILES string of the molecule is CCn1nnc2cc(C(=O)OCC(=O)Nc3c(C)cccc3C(C)C)ccc21.